The predicted molar refractivity (Wildman–Crippen MR) is 83.1 cm³/mol. The summed E-state index contributed by atoms with van der Waals surface area (Å²) in [6.45, 7) is 9.03. The number of aromatic nitrogens is 2. The third kappa shape index (κ3) is 2.85. The van der Waals surface area contributed by atoms with Gasteiger partial charge < -0.3 is 9.55 Å². The summed E-state index contributed by atoms with van der Waals surface area (Å²) in [5.41, 5.74) is 1.50. The molecule has 2 atom stereocenters. The van der Waals surface area contributed by atoms with Gasteiger partial charge in [-0.15, -0.1) is 0 Å². The summed E-state index contributed by atoms with van der Waals surface area (Å²) in [4.78, 5) is 3.24. The lowest BCUT2D eigenvalue weighted by Gasteiger charge is -2.24. The molecule has 0 aromatic carbocycles. The van der Waals surface area contributed by atoms with E-state index in [1.165, 1.54) is 30.7 Å². The monoisotopic (exact) mass is 284 g/mol. The van der Waals surface area contributed by atoms with Crippen molar-refractivity contribution in [3.05, 3.63) is 16.7 Å². The van der Waals surface area contributed by atoms with Gasteiger partial charge in [0.15, 0.2) is 4.77 Å². The van der Waals surface area contributed by atoms with E-state index in [1.807, 2.05) is 0 Å². The van der Waals surface area contributed by atoms with Gasteiger partial charge in [0.1, 0.15) is 0 Å². The summed E-state index contributed by atoms with van der Waals surface area (Å²) in [6.07, 6.45) is 5.98. The fourth-order valence-corrected chi connectivity index (χ4v) is 4.30. The minimum Gasteiger partial charge on any atom is -0.337 e. The van der Waals surface area contributed by atoms with Crippen molar-refractivity contribution in [2.75, 3.05) is 5.75 Å². The molecule has 1 aliphatic carbocycles. The SMILES string of the molecule is CCSC1CCC(n2c(C(C)(C)C)c[nH]c2=S)C1. The van der Waals surface area contributed by atoms with E-state index in [0.29, 0.717) is 6.04 Å². The topological polar surface area (TPSA) is 20.7 Å². The van der Waals surface area contributed by atoms with Gasteiger partial charge in [-0.2, -0.15) is 11.8 Å². The highest BCUT2D eigenvalue weighted by Gasteiger charge is 2.30. The van der Waals surface area contributed by atoms with Crippen LogP contribution in [0.15, 0.2) is 6.20 Å². The van der Waals surface area contributed by atoms with Crippen molar-refractivity contribution < 1.29 is 0 Å². The summed E-state index contributed by atoms with van der Waals surface area (Å²) in [5.74, 6) is 1.22. The molecule has 2 unspecified atom stereocenters. The molecule has 4 heteroatoms. The minimum atomic E-state index is 0.156. The number of H-pyrrole nitrogens is 1. The van der Waals surface area contributed by atoms with Crippen LogP contribution in [0.1, 0.15) is 58.7 Å². The van der Waals surface area contributed by atoms with Crippen LogP contribution in [0.3, 0.4) is 0 Å². The largest absolute Gasteiger partial charge is 0.337 e. The Morgan fingerprint density at radius 3 is 2.78 bits per heavy atom. The Balaban J connectivity index is 2.24. The van der Waals surface area contributed by atoms with Crippen LogP contribution in [0.5, 0.6) is 0 Å². The average Bonchev–Trinajstić information content (AvgIpc) is 2.84. The van der Waals surface area contributed by atoms with Gasteiger partial charge in [0.05, 0.1) is 0 Å². The molecular weight excluding hydrogens is 260 g/mol. The Bertz CT molecular complexity index is 453. The number of hydrogen-bond donors (Lipinski definition) is 1. The lowest BCUT2D eigenvalue weighted by molar-refractivity contribution is 0.445. The van der Waals surface area contributed by atoms with E-state index < -0.39 is 0 Å². The molecule has 2 nitrogen and oxygen atoms in total. The second-order valence-electron chi connectivity index (χ2n) is 6.14. The molecule has 1 saturated carbocycles. The molecule has 1 aliphatic rings. The maximum atomic E-state index is 5.48. The molecular formula is C14H24N2S2. The van der Waals surface area contributed by atoms with Crippen molar-refractivity contribution in [3.63, 3.8) is 0 Å². The van der Waals surface area contributed by atoms with Crippen LogP contribution in [0.2, 0.25) is 0 Å². The van der Waals surface area contributed by atoms with Crippen molar-refractivity contribution in [2.24, 2.45) is 0 Å². The van der Waals surface area contributed by atoms with Gasteiger partial charge in [0, 0.05) is 28.6 Å². The highest BCUT2D eigenvalue weighted by Crippen LogP contribution is 2.39. The smallest absolute Gasteiger partial charge is 0.177 e. The van der Waals surface area contributed by atoms with Crippen molar-refractivity contribution in [3.8, 4) is 0 Å². The first kappa shape index (κ1) is 14.2. The molecule has 0 amide bonds. The molecule has 1 N–H and O–H groups in total. The highest BCUT2D eigenvalue weighted by atomic mass is 32.2. The van der Waals surface area contributed by atoms with Gasteiger partial charge in [-0.25, -0.2) is 0 Å². The highest BCUT2D eigenvalue weighted by molar-refractivity contribution is 7.99. The average molecular weight is 284 g/mol. The summed E-state index contributed by atoms with van der Waals surface area (Å²) < 4.78 is 3.28. The molecule has 0 aliphatic heterocycles. The molecule has 0 saturated heterocycles. The Morgan fingerprint density at radius 1 is 1.44 bits per heavy atom. The maximum absolute atomic E-state index is 5.48. The first-order valence-electron chi connectivity index (χ1n) is 6.85. The molecule has 2 rings (SSSR count). The lowest BCUT2D eigenvalue weighted by atomic mass is 9.92. The molecule has 1 aromatic rings. The second kappa shape index (κ2) is 5.41. The van der Waals surface area contributed by atoms with Gasteiger partial charge in [-0.3, -0.25) is 0 Å². The zero-order valence-electron chi connectivity index (χ0n) is 11.8. The fourth-order valence-electron chi connectivity index (χ4n) is 2.86. The quantitative estimate of drug-likeness (QED) is 0.813. The third-order valence-corrected chi connectivity index (χ3v) is 5.25. The zero-order valence-corrected chi connectivity index (χ0v) is 13.5. The molecule has 1 fully saturated rings. The van der Waals surface area contributed by atoms with Crippen LogP contribution in [0, 0.1) is 4.77 Å². The minimum absolute atomic E-state index is 0.156. The normalized spacial score (nSPS) is 24.7. The number of rotatable bonds is 3. The van der Waals surface area contributed by atoms with E-state index in [4.69, 9.17) is 12.2 Å². The van der Waals surface area contributed by atoms with Crippen molar-refractivity contribution in [2.45, 2.75) is 63.7 Å². The molecule has 102 valence electrons. The Kier molecular flexibility index (Phi) is 4.27. The summed E-state index contributed by atoms with van der Waals surface area (Å²) in [7, 11) is 0. The van der Waals surface area contributed by atoms with E-state index >= 15 is 0 Å². The van der Waals surface area contributed by atoms with Crippen molar-refractivity contribution >= 4 is 24.0 Å². The van der Waals surface area contributed by atoms with E-state index in [9.17, 15) is 0 Å². The standard InChI is InChI=1S/C14H24N2S2/c1-5-18-11-7-6-10(8-11)16-12(14(2,3)4)9-15-13(16)17/h9-11H,5-8H2,1-4H3,(H,15,17). The van der Waals surface area contributed by atoms with Crippen LogP contribution < -0.4 is 0 Å². The first-order valence-corrected chi connectivity index (χ1v) is 8.31. The Morgan fingerprint density at radius 2 is 2.17 bits per heavy atom. The van der Waals surface area contributed by atoms with E-state index in [2.05, 4.69) is 55.2 Å². The van der Waals surface area contributed by atoms with Gasteiger partial charge >= 0.3 is 0 Å². The first-order chi connectivity index (χ1) is 8.43. The maximum Gasteiger partial charge on any atom is 0.177 e. The zero-order chi connectivity index (χ0) is 13.3. The molecule has 18 heavy (non-hydrogen) atoms. The Labute approximate surface area is 120 Å². The van der Waals surface area contributed by atoms with Crippen LogP contribution in [0.25, 0.3) is 0 Å². The number of imidazole rings is 1. The molecule has 0 radical (unpaired) electrons. The number of hydrogen-bond acceptors (Lipinski definition) is 2. The number of aromatic amines is 1. The predicted octanol–water partition coefficient (Wildman–Crippen LogP) is 4.69. The van der Waals surface area contributed by atoms with Crippen LogP contribution in [0.4, 0.5) is 0 Å². The Hall–Kier alpha value is -0.220. The number of nitrogens with one attached hydrogen (secondary N) is 1. The molecule has 1 aromatic heterocycles. The number of nitrogens with zero attached hydrogens (tertiary/aromatic N) is 1. The lowest BCUT2D eigenvalue weighted by Crippen LogP contribution is -2.20. The van der Waals surface area contributed by atoms with Crippen LogP contribution >= 0.6 is 24.0 Å². The molecule has 1 heterocycles. The van der Waals surface area contributed by atoms with Crippen molar-refractivity contribution in [1.82, 2.24) is 9.55 Å². The second-order valence-corrected chi connectivity index (χ2v) is 8.11. The third-order valence-electron chi connectivity index (χ3n) is 3.70. The van der Waals surface area contributed by atoms with E-state index in [1.54, 1.807) is 0 Å². The van der Waals surface area contributed by atoms with Crippen LogP contribution in [-0.4, -0.2) is 20.6 Å². The van der Waals surface area contributed by atoms with Crippen LogP contribution in [-0.2, 0) is 5.41 Å². The summed E-state index contributed by atoms with van der Waals surface area (Å²) in [6, 6.07) is 0.599. The van der Waals surface area contributed by atoms with Crippen molar-refractivity contribution in [1.29, 1.82) is 0 Å². The van der Waals surface area contributed by atoms with E-state index in [0.717, 1.165) is 10.0 Å². The van der Waals surface area contributed by atoms with Gasteiger partial charge in [-0.1, -0.05) is 27.7 Å². The van der Waals surface area contributed by atoms with E-state index in [-0.39, 0.29) is 5.41 Å². The molecule has 0 spiro atoms. The number of thioether (sulfide) groups is 1. The molecule has 0 bridgehead atoms. The van der Waals surface area contributed by atoms with Gasteiger partial charge in [0.2, 0.25) is 0 Å². The fraction of sp³-hybridized carbons (Fsp3) is 0.786. The summed E-state index contributed by atoms with van der Waals surface area (Å²) >= 11 is 7.58. The van der Waals surface area contributed by atoms with Gasteiger partial charge in [0.25, 0.3) is 0 Å². The van der Waals surface area contributed by atoms with Gasteiger partial charge in [-0.05, 0) is 37.2 Å². The summed E-state index contributed by atoms with van der Waals surface area (Å²) in [5, 5.41) is 0.824.